The number of fused-ring (bicyclic) bond motifs is 1. The predicted octanol–water partition coefficient (Wildman–Crippen LogP) is 3.63. The second-order valence-electron chi connectivity index (χ2n) is 6.49. The summed E-state index contributed by atoms with van der Waals surface area (Å²) in [7, 11) is 0. The van der Waals surface area contributed by atoms with Crippen LogP contribution in [0.25, 0.3) is 10.9 Å². The number of H-pyrrole nitrogens is 1. The van der Waals surface area contributed by atoms with Gasteiger partial charge in [0.2, 0.25) is 0 Å². The van der Waals surface area contributed by atoms with Gasteiger partial charge in [-0.3, -0.25) is 4.79 Å². The Morgan fingerprint density at radius 2 is 1.69 bits per heavy atom. The van der Waals surface area contributed by atoms with E-state index >= 15 is 0 Å². The van der Waals surface area contributed by atoms with Crippen LogP contribution in [0.1, 0.15) is 5.56 Å². The van der Waals surface area contributed by atoms with Gasteiger partial charge in [-0.2, -0.15) is 0 Å². The van der Waals surface area contributed by atoms with Gasteiger partial charge in [0.15, 0.2) is 12.4 Å². The molecule has 4 aromatic rings. The molecule has 0 saturated heterocycles. The Morgan fingerprint density at radius 1 is 0.931 bits per heavy atom. The van der Waals surface area contributed by atoms with E-state index in [1.165, 1.54) is 10.9 Å². The molecule has 0 spiro atoms. The average Bonchev–Trinajstić information content (AvgIpc) is 3.17. The number of aromatic nitrogens is 3. The van der Waals surface area contributed by atoms with Crippen LogP contribution >= 0.6 is 0 Å². The number of carbonyl (C=O) groups excluding carboxylic acids is 1. The molecule has 3 N–H and O–H groups in total. The molecule has 0 aliphatic rings. The maximum Gasteiger partial charge on any atom is 0.263 e. The van der Waals surface area contributed by atoms with Crippen molar-refractivity contribution in [3.05, 3.63) is 78.5 Å². The summed E-state index contributed by atoms with van der Waals surface area (Å²) in [6.45, 7) is 0.642. The lowest BCUT2D eigenvalue weighted by Gasteiger charge is -2.08. The Bertz CT molecular complexity index is 1080. The summed E-state index contributed by atoms with van der Waals surface area (Å²) in [4.78, 5) is 15.2. The van der Waals surface area contributed by atoms with Gasteiger partial charge in [-0.25, -0.2) is 0 Å². The average molecular weight is 387 g/mol. The highest BCUT2D eigenvalue weighted by atomic mass is 16.5. The van der Waals surface area contributed by atoms with Crippen LogP contribution in [0.3, 0.4) is 0 Å². The van der Waals surface area contributed by atoms with Gasteiger partial charge in [0.05, 0.1) is 0 Å². The molecule has 4 rings (SSSR count). The molecule has 2 heterocycles. The van der Waals surface area contributed by atoms with Gasteiger partial charge in [-0.05, 0) is 42.3 Å². The largest absolute Gasteiger partial charge is 0.484 e. The van der Waals surface area contributed by atoms with E-state index < -0.39 is 0 Å². The molecule has 0 aliphatic carbocycles. The summed E-state index contributed by atoms with van der Waals surface area (Å²) in [6, 6.07) is 20.9. The second kappa shape index (κ2) is 8.88. The molecule has 7 nitrogen and oxygen atoms in total. The fourth-order valence-electron chi connectivity index (χ4n) is 3.00. The third kappa shape index (κ3) is 4.90. The number of ether oxygens (including phenoxy) is 1. The van der Waals surface area contributed by atoms with Crippen LogP contribution in [-0.2, 0) is 11.2 Å². The van der Waals surface area contributed by atoms with E-state index in [9.17, 15) is 4.79 Å². The number of benzene rings is 2. The van der Waals surface area contributed by atoms with Crippen molar-refractivity contribution in [3.8, 4) is 5.75 Å². The first-order valence-corrected chi connectivity index (χ1v) is 9.38. The molecule has 0 saturated carbocycles. The molecular weight excluding hydrogens is 366 g/mol. The quantitative estimate of drug-likeness (QED) is 0.429. The van der Waals surface area contributed by atoms with Gasteiger partial charge < -0.3 is 20.4 Å². The Kier molecular flexibility index (Phi) is 5.66. The van der Waals surface area contributed by atoms with Crippen molar-refractivity contribution in [3.63, 3.8) is 0 Å². The van der Waals surface area contributed by atoms with Crippen molar-refractivity contribution in [1.82, 2.24) is 15.2 Å². The Hall–Kier alpha value is -3.87. The number of anilines is 2. The number of rotatable bonds is 8. The number of nitrogens with zero attached hydrogens (tertiary/aromatic N) is 2. The predicted molar refractivity (Wildman–Crippen MR) is 113 cm³/mol. The van der Waals surface area contributed by atoms with E-state index in [2.05, 4.69) is 37.9 Å². The summed E-state index contributed by atoms with van der Waals surface area (Å²) in [6.07, 6.45) is 2.90. The molecule has 0 bridgehead atoms. The zero-order chi connectivity index (χ0) is 19.9. The molecule has 7 heteroatoms. The highest BCUT2D eigenvalue weighted by Gasteiger charge is 2.06. The van der Waals surface area contributed by atoms with E-state index in [-0.39, 0.29) is 12.5 Å². The highest BCUT2D eigenvalue weighted by Crippen LogP contribution is 2.18. The van der Waals surface area contributed by atoms with Gasteiger partial charge in [-0.1, -0.05) is 36.4 Å². The van der Waals surface area contributed by atoms with Crippen molar-refractivity contribution < 1.29 is 9.53 Å². The number of aromatic amines is 1. The molecule has 1 amide bonds. The zero-order valence-corrected chi connectivity index (χ0v) is 15.8. The fraction of sp³-hybridized carbons (Fsp3) is 0.136. The number of amides is 1. The van der Waals surface area contributed by atoms with Crippen molar-refractivity contribution in [2.24, 2.45) is 0 Å². The number of carbonyl (C=O) groups is 1. The Balaban J connectivity index is 1.24. The molecule has 0 unspecified atom stereocenters. The highest BCUT2D eigenvalue weighted by molar-refractivity contribution is 5.90. The minimum atomic E-state index is -0.289. The molecule has 146 valence electrons. The van der Waals surface area contributed by atoms with Crippen molar-refractivity contribution in [1.29, 1.82) is 0 Å². The van der Waals surface area contributed by atoms with Crippen molar-refractivity contribution in [2.75, 3.05) is 23.8 Å². The van der Waals surface area contributed by atoms with Crippen LogP contribution in [0.15, 0.2) is 72.9 Å². The smallest absolute Gasteiger partial charge is 0.263 e. The summed E-state index contributed by atoms with van der Waals surface area (Å²) < 4.78 is 5.41. The first kappa shape index (κ1) is 18.5. The maximum absolute atomic E-state index is 12.0. The maximum atomic E-state index is 12.0. The van der Waals surface area contributed by atoms with E-state index in [1.54, 1.807) is 24.3 Å². The lowest BCUT2D eigenvalue weighted by Crippen LogP contribution is -2.21. The monoisotopic (exact) mass is 387 g/mol. The minimum absolute atomic E-state index is 0.0870. The van der Waals surface area contributed by atoms with Crippen LogP contribution in [0.4, 0.5) is 11.6 Å². The fourth-order valence-corrected chi connectivity index (χ4v) is 3.00. The van der Waals surface area contributed by atoms with Crippen LogP contribution in [0, 0.1) is 0 Å². The summed E-state index contributed by atoms with van der Waals surface area (Å²) >= 11 is 0. The summed E-state index contributed by atoms with van der Waals surface area (Å²) in [5.41, 5.74) is 2.39. The van der Waals surface area contributed by atoms with Crippen LogP contribution in [0.5, 0.6) is 5.75 Å². The molecule has 29 heavy (non-hydrogen) atoms. The third-order valence-corrected chi connectivity index (χ3v) is 4.42. The lowest BCUT2D eigenvalue weighted by molar-refractivity contribution is -0.118. The first-order chi connectivity index (χ1) is 14.3. The van der Waals surface area contributed by atoms with Gasteiger partial charge in [0.25, 0.3) is 5.91 Å². The summed E-state index contributed by atoms with van der Waals surface area (Å²) in [5.74, 6) is 1.39. The van der Waals surface area contributed by atoms with Gasteiger partial charge in [0, 0.05) is 23.6 Å². The number of nitrogens with one attached hydrogen (secondary N) is 3. The van der Waals surface area contributed by atoms with E-state index in [0.717, 1.165) is 18.5 Å². The number of hydrogen-bond acceptors (Lipinski definition) is 5. The standard InChI is InChI=1S/C22H21N5O2/c28-22(15-29-17-6-2-1-3-7-17)25-21-11-10-20(26-27-21)23-13-12-16-14-24-19-9-5-4-8-18(16)19/h1-11,14,24H,12-13,15H2,(H,23,26)(H,25,27,28). The zero-order valence-electron chi connectivity index (χ0n) is 15.8. The minimum Gasteiger partial charge on any atom is -0.484 e. The molecule has 2 aromatic heterocycles. The van der Waals surface area contributed by atoms with Crippen LogP contribution in [-0.4, -0.2) is 34.2 Å². The van der Waals surface area contributed by atoms with Crippen molar-refractivity contribution in [2.45, 2.75) is 6.42 Å². The number of para-hydroxylation sites is 2. The molecule has 0 atom stereocenters. The van der Waals surface area contributed by atoms with Crippen molar-refractivity contribution >= 4 is 28.4 Å². The molecule has 0 fully saturated rings. The lowest BCUT2D eigenvalue weighted by atomic mass is 10.1. The topological polar surface area (TPSA) is 91.9 Å². The van der Waals surface area contributed by atoms with E-state index in [1.807, 2.05) is 36.5 Å². The Morgan fingerprint density at radius 3 is 2.52 bits per heavy atom. The molecular formula is C22H21N5O2. The van der Waals surface area contributed by atoms with Gasteiger partial charge in [-0.15, -0.1) is 10.2 Å². The van der Waals surface area contributed by atoms with Gasteiger partial charge in [0.1, 0.15) is 11.6 Å². The van der Waals surface area contributed by atoms with Gasteiger partial charge >= 0.3 is 0 Å². The second-order valence-corrected chi connectivity index (χ2v) is 6.49. The van der Waals surface area contributed by atoms with E-state index in [4.69, 9.17) is 4.74 Å². The molecule has 0 radical (unpaired) electrons. The van der Waals surface area contributed by atoms with Crippen LogP contribution < -0.4 is 15.4 Å². The first-order valence-electron chi connectivity index (χ1n) is 9.38. The molecule has 0 aliphatic heterocycles. The normalized spacial score (nSPS) is 10.6. The third-order valence-electron chi connectivity index (χ3n) is 4.42. The Labute approximate surface area is 168 Å². The number of hydrogen-bond donors (Lipinski definition) is 3. The molecule has 2 aromatic carbocycles. The summed E-state index contributed by atoms with van der Waals surface area (Å²) in [5, 5.41) is 15.3. The van der Waals surface area contributed by atoms with E-state index in [0.29, 0.717) is 17.4 Å². The van der Waals surface area contributed by atoms with Crippen LogP contribution in [0.2, 0.25) is 0 Å². The SMILES string of the molecule is O=C(COc1ccccc1)Nc1ccc(NCCc2c[nH]c3ccccc23)nn1.